The van der Waals surface area contributed by atoms with Crippen LogP contribution in [0.25, 0.3) is 11.1 Å². The number of ether oxygens (including phenoxy) is 1. The Kier molecular flexibility index (Phi) is 4.15. The summed E-state index contributed by atoms with van der Waals surface area (Å²) in [4.78, 5) is 5.52. The molecule has 0 bridgehead atoms. The third kappa shape index (κ3) is 2.92. The second kappa shape index (κ2) is 6.13. The fourth-order valence-corrected chi connectivity index (χ4v) is 2.70. The van der Waals surface area contributed by atoms with Gasteiger partial charge in [0, 0.05) is 12.6 Å². The first-order valence-electron chi connectivity index (χ1n) is 7.61. The van der Waals surface area contributed by atoms with E-state index < -0.39 is 5.54 Å². The molecule has 1 aliphatic heterocycles. The molecule has 0 aromatic heterocycles. The molecule has 5 nitrogen and oxygen atoms in total. The minimum Gasteiger partial charge on any atom is -0.497 e. The lowest BCUT2D eigenvalue weighted by molar-refractivity contribution is -0.126. The van der Waals surface area contributed by atoms with Gasteiger partial charge in [-0.1, -0.05) is 18.2 Å². The Bertz CT molecular complexity index is 781. The van der Waals surface area contributed by atoms with Crippen LogP contribution in [0.3, 0.4) is 0 Å². The number of nitrogens with one attached hydrogen (secondary N) is 2. The van der Waals surface area contributed by atoms with Gasteiger partial charge in [0.2, 0.25) is 5.96 Å². The van der Waals surface area contributed by atoms with Gasteiger partial charge in [-0.2, -0.15) is 0 Å². The summed E-state index contributed by atoms with van der Waals surface area (Å²) in [6, 6.07) is 12.2. The zero-order chi connectivity index (χ0) is 17.3. The largest absolute Gasteiger partial charge is 0.497 e. The van der Waals surface area contributed by atoms with E-state index in [0.29, 0.717) is 17.9 Å². The molecular weight excluding hydrogens is 309 g/mol. The Morgan fingerprint density at radius 1 is 1.29 bits per heavy atom. The average molecular weight is 329 g/mol. The maximum Gasteiger partial charge on any atom is 0.216 e. The lowest BCUT2D eigenvalue weighted by Crippen LogP contribution is -2.57. The third-order valence-electron chi connectivity index (χ3n) is 4.24. The minimum atomic E-state index is -0.561. The van der Waals surface area contributed by atoms with Gasteiger partial charge in [0.1, 0.15) is 18.2 Å². The minimum absolute atomic E-state index is 0.182. The molecule has 1 fully saturated rings. The van der Waals surface area contributed by atoms with Gasteiger partial charge in [0.25, 0.3) is 0 Å². The van der Waals surface area contributed by atoms with Crippen LogP contribution in [0.1, 0.15) is 12.5 Å². The van der Waals surface area contributed by atoms with Gasteiger partial charge in [0.05, 0.1) is 12.6 Å². The molecule has 2 aromatic carbocycles. The number of guanidine groups is 1. The molecule has 2 aromatic rings. The molecule has 1 unspecified atom stereocenters. The highest BCUT2D eigenvalue weighted by Gasteiger charge is 2.34. The van der Waals surface area contributed by atoms with Crippen molar-refractivity contribution >= 4 is 5.96 Å². The topological polar surface area (TPSA) is 57.6 Å². The Morgan fingerprint density at radius 2 is 2.08 bits per heavy atom. The molecule has 0 amide bonds. The molecule has 126 valence electrons. The molecule has 2 N–H and O–H groups in total. The standard InChI is InChI=1S/C18H20FN3O2/c1-18(11-24-22(2)17(20)21-18)13-6-4-5-12(9-13)15-10-14(23-3)7-8-16(15)19/h4-10H,11H2,1-3H3,(H2,20,21). The van der Waals surface area contributed by atoms with Gasteiger partial charge in [-0.25, -0.2) is 9.45 Å². The zero-order valence-electron chi connectivity index (χ0n) is 13.9. The van der Waals surface area contributed by atoms with Crippen molar-refractivity contribution in [3.05, 3.63) is 53.8 Å². The first-order valence-corrected chi connectivity index (χ1v) is 7.61. The van der Waals surface area contributed by atoms with Crippen LogP contribution in [0.15, 0.2) is 42.5 Å². The number of nitrogens with zero attached hydrogens (tertiary/aromatic N) is 1. The summed E-state index contributed by atoms with van der Waals surface area (Å²) in [6.45, 7) is 2.32. The number of rotatable bonds is 3. The number of hydrogen-bond acceptors (Lipinski definition) is 3. The number of benzene rings is 2. The second-order valence-corrected chi connectivity index (χ2v) is 6.00. The van der Waals surface area contributed by atoms with E-state index in [1.807, 2.05) is 31.2 Å². The first kappa shape index (κ1) is 16.3. The summed E-state index contributed by atoms with van der Waals surface area (Å²) in [7, 11) is 3.23. The van der Waals surface area contributed by atoms with E-state index in [1.54, 1.807) is 26.3 Å². The molecule has 6 heteroatoms. The van der Waals surface area contributed by atoms with Crippen molar-refractivity contribution in [1.82, 2.24) is 10.4 Å². The molecule has 1 saturated heterocycles. The Morgan fingerprint density at radius 3 is 2.79 bits per heavy atom. The molecule has 0 aliphatic carbocycles. The highest BCUT2D eigenvalue weighted by atomic mass is 19.1. The van der Waals surface area contributed by atoms with Crippen LogP contribution in [-0.2, 0) is 10.4 Å². The van der Waals surface area contributed by atoms with Gasteiger partial charge in [-0.3, -0.25) is 10.2 Å². The van der Waals surface area contributed by atoms with Gasteiger partial charge in [-0.15, -0.1) is 0 Å². The molecule has 3 rings (SSSR count). The molecule has 24 heavy (non-hydrogen) atoms. The van der Waals surface area contributed by atoms with Crippen LogP contribution >= 0.6 is 0 Å². The normalized spacial score (nSPS) is 20.7. The van der Waals surface area contributed by atoms with Crippen molar-refractivity contribution in [1.29, 1.82) is 5.41 Å². The van der Waals surface area contributed by atoms with E-state index in [1.165, 1.54) is 11.1 Å². The summed E-state index contributed by atoms with van der Waals surface area (Å²) in [5.41, 5.74) is 1.58. The van der Waals surface area contributed by atoms with Crippen molar-refractivity contribution in [3.63, 3.8) is 0 Å². The predicted octanol–water partition coefficient (Wildman–Crippen LogP) is 3.12. The first-order chi connectivity index (χ1) is 11.4. The zero-order valence-corrected chi connectivity index (χ0v) is 13.9. The Hall–Kier alpha value is -2.60. The van der Waals surface area contributed by atoms with E-state index in [4.69, 9.17) is 15.0 Å². The lowest BCUT2D eigenvalue weighted by atomic mass is 9.90. The van der Waals surface area contributed by atoms with Crippen molar-refractivity contribution in [2.24, 2.45) is 0 Å². The highest BCUT2D eigenvalue weighted by Crippen LogP contribution is 2.31. The summed E-state index contributed by atoms with van der Waals surface area (Å²) in [5.74, 6) is 0.477. The molecule has 1 atom stereocenters. The maximum atomic E-state index is 14.2. The van der Waals surface area contributed by atoms with E-state index in [-0.39, 0.29) is 11.8 Å². The van der Waals surface area contributed by atoms with Crippen LogP contribution in [0.2, 0.25) is 0 Å². The number of methoxy groups -OCH3 is 1. The van der Waals surface area contributed by atoms with Crippen molar-refractivity contribution in [3.8, 4) is 16.9 Å². The Labute approximate surface area is 140 Å². The summed E-state index contributed by atoms with van der Waals surface area (Å²) < 4.78 is 19.4. The van der Waals surface area contributed by atoms with Crippen molar-refractivity contribution < 1.29 is 14.0 Å². The smallest absolute Gasteiger partial charge is 0.216 e. The van der Waals surface area contributed by atoms with Gasteiger partial charge in [0.15, 0.2) is 0 Å². The van der Waals surface area contributed by atoms with Crippen LogP contribution in [0, 0.1) is 11.2 Å². The predicted molar refractivity (Wildman–Crippen MR) is 90.3 cm³/mol. The monoisotopic (exact) mass is 329 g/mol. The Balaban J connectivity index is 2.00. The lowest BCUT2D eigenvalue weighted by Gasteiger charge is -2.40. The van der Waals surface area contributed by atoms with E-state index in [0.717, 1.165) is 11.1 Å². The van der Waals surface area contributed by atoms with Gasteiger partial charge < -0.3 is 10.1 Å². The molecule has 0 radical (unpaired) electrons. The average Bonchev–Trinajstić information content (AvgIpc) is 2.59. The third-order valence-corrected chi connectivity index (χ3v) is 4.24. The molecule has 1 aliphatic rings. The summed E-state index contributed by atoms with van der Waals surface area (Å²) in [6.07, 6.45) is 0. The molecule has 0 spiro atoms. The van der Waals surface area contributed by atoms with Crippen LogP contribution in [0.4, 0.5) is 4.39 Å². The maximum absolute atomic E-state index is 14.2. The molecule has 0 saturated carbocycles. The number of hydrogen-bond donors (Lipinski definition) is 2. The SMILES string of the molecule is COc1ccc(F)c(-c2cccc(C3(C)CON(C)C(=N)N3)c2)c1. The van der Waals surface area contributed by atoms with E-state index >= 15 is 0 Å². The number of halogens is 1. The van der Waals surface area contributed by atoms with Crippen molar-refractivity contribution in [2.75, 3.05) is 20.8 Å². The quantitative estimate of drug-likeness (QED) is 0.908. The molecular formula is C18H20FN3O2. The fourth-order valence-electron chi connectivity index (χ4n) is 2.70. The molecule has 1 heterocycles. The fraction of sp³-hybridized carbons (Fsp3) is 0.278. The van der Waals surface area contributed by atoms with Crippen LogP contribution in [0.5, 0.6) is 5.75 Å². The highest BCUT2D eigenvalue weighted by molar-refractivity contribution is 5.77. The second-order valence-electron chi connectivity index (χ2n) is 6.00. The van der Waals surface area contributed by atoms with Crippen LogP contribution in [-0.4, -0.2) is 31.8 Å². The van der Waals surface area contributed by atoms with Crippen LogP contribution < -0.4 is 10.1 Å². The summed E-state index contributed by atoms with van der Waals surface area (Å²) >= 11 is 0. The van der Waals surface area contributed by atoms with Crippen molar-refractivity contribution in [2.45, 2.75) is 12.5 Å². The van der Waals surface area contributed by atoms with Gasteiger partial charge >= 0.3 is 0 Å². The van der Waals surface area contributed by atoms with Gasteiger partial charge in [-0.05, 0) is 42.3 Å². The number of hydroxylamine groups is 2. The summed E-state index contributed by atoms with van der Waals surface area (Å²) in [5, 5.41) is 12.4. The van der Waals surface area contributed by atoms with E-state index in [9.17, 15) is 4.39 Å². The van der Waals surface area contributed by atoms with E-state index in [2.05, 4.69) is 5.32 Å².